The summed E-state index contributed by atoms with van der Waals surface area (Å²) in [6, 6.07) is 7.66. The van der Waals surface area contributed by atoms with Gasteiger partial charge >= 0.3 is 5.97 Å². The molecular weight excluding hydrogens is 496 g/mol. The largest absolute Gasteiger partial charge is 0.494 e. The maximum atomic E-state index is 12.9. The number of hydrogen-bond donors (Lipinski definition) is 1. The second-order valence-corrected chi connectivity index (χ2v) is 10.6. The van der Waals surface area contributed by atoms with E-state index in [0.29, 0.717) is 40.6 Å². The van der Waals surface area contributed by atoms with Gasteiger partial charge in [0.15, 0.2) is 11.0 Å². The minimum Gasteiger partial charge on any atom is -0.494 e. The molecule has 0 aliphatic heterocycles. The zero-order valence-corrected chi connectivity index (χ0v) is 22.3. The molecule has 0 fully saturated rings. The Kier molecular flexibility index (Phi) is 8.48. The van der Waals surface area contributed by atoms with Gasteiger partial charge < -0.3 is 14.8 Å². The molecule has 1 atom stereocenters. The van der Waals surface area contributed by atoms with Gasteiger partial charge in [0, 0.05) is 17.0 Å². The average Bonchev–Trinajstić information content (AvgIpc) is 3.43. The van der Waals surface area contributed by atoms with E-state index in [1.165, 1.54) is 30.2 Å². The van der Waals surface area contributed by atoms with Gasteiger partial charge in [-0.05, 0) is 61.9 Å². The minimum atomic E-state index is -0.407. The second kappa shape index (κ2) is 11.7. The summed E-state index contributed by atoms with van der Waals surface area (Å²) >= 11 is 2.77. The van der Waals surface area contributed by atoms with Gasteiger partial charge in [0.2, 0.25) is 5.91 Å². The summed E-state index contributed by atoms with van der Waals surface area (Å²) in [4.78, 5) is 26.6. The molecule has 0 radical (unpaired) electrons. The van der Waals surface area contributed by atoms with Crippen LogP contribution in [0, 0.1) is 5.92 Å². The van der Waals surface area contributed by atoms with E-state index < -0.39 is 5.97 Å². The number of anilines is 1. The van der Waals surface area contributed by atoms with E-state index in [1.807, 2.05) is 35.8 Å². The van der Waals surface area contributed by atoms with E-state index in [-0.39, 0.29) is 11.7 Å². The number of amides is 1. The zero-order chi connectivity index (χ0) is 25.7. The quantitative estimate of drug-likeness (QED) is 0.219. The molecule has 0 bridgehead atoms. The molecule has 8 nitrogen and oxygen atoms in total. The lowest BCUT2D eigenvalue weighted by molar-refractivity contribution is -0.113. The molecule has 2 aromatic heterocycles. The number of carbonyl (C=O) groups is 2. The molecule has 0 spiro atoms. The number of esters is 1. The second-order valence-electron chi connectivity index (χ2n) is 8.55. The first kappa shape index (κ1) is 26.0. The number of methoxy groups -OCH3 is 1. The molecule has 4 rings (SSSR count). The molecule has 2 heterocycles. The van der Waals surface area contributed by atoms with Crippen LogP contribution in [-0.2, 0) is 28.9 Å². The van der Waals surface area contributed by atoms with E-state index in [2.05, 4.69) is 29.0 Å². The number of carbonyl (C=O) groups excluding carboxylic acids is 2. The first-order valence-electron chi connectivity index (χ1n) is 11.9. The summed E-state index contributed by atoms with van der Waals surface area (Å²) < 4.78 is 12.5. The Labute approximate surface area is 219 Å². The number of nitrogens with zero attached hydrogens (tertiary/aromatic N) is 3. The van der Waals surface area contributed by atoms with Gasteiger partial charge in [0.25, 0.3) is 0 Å². The van der Waals surface area contributed by atoms with Crippen LogP contribution in [0.3, 0.4) is 0 Å². The van der Waals surface area contributed by atoms with Gasteiger partial charge in [-0.25, -0.2) is 4.79 Å². The van der Waals surface area contributed by atoms with Crippen LogP contribution in [0.2, 0.25) is 0 Å². The first-order chi connectivity index (χ1) is 17.4. The number of thiophene rings is 1. The van der Waals surface area contributed by atoms with Crippen molar-refractivity contribution in [3.63, 3.8) is 0 Å². The van der Waals surface area contributed by atoms with Gasteiger partial charge in [0.1, 0.15) is 10.8 Å². The lowest BCUT2D eigenvalue weighted by atomic mass is 9.88. The predicted octanol–water partition coefficient (Wildman–Crippen LogP) is 5.23. The van der Waals surface area contributed by atoms with Crippen LogP contribution in [0.15, 0.2) is 42.1 Å². The molecule has 3 aromatic rings. The van der Waals surface area contributed by atoms with Crippen LogP contribution in [-0.4, -0.2) is 46.1 Å². The number of aromatic nitrogens is 3. The van der Waals surface area contributed by atoms with Gasteiger partial charge in [-0.2, -0.15) is 0 Å². The van der Waals surface area contributed by atoms with Crippen molar-refractivity contribution < 1.29 is 19.1 Å². The van der Waals surface area contributed by atoms with E-state index in [0.717, 1.165) is 41.0 Å². The lowest BCUT2D eigenvalue weighted by Gasteiger charge is -2.18. The number of hydrogen-bond acceptors (Lipinski definition) is 8. The highest BCUT2D eigenvalue weighted by Crippen LogP contribution is 2.40. The van der Waals surface area contributed by atoms with Crippen molar-refractivity contribution in [1.29, 1.82) is 0 Å². The summed E-state index contributed by atoms with van der Waals surface area (Å²) in [5, 5.41) is 12.8. The molecule has 10 heteroatoms. The van der Waals surface area contributed by atoms with Crippen LogP contribution in [0.5, 0.6) is 5.75 Å². The highest BCUT2D eigenvalue weighted by Gasteiger charge is 2.29. The fraction of sp³-hybridized carbons (Fsp3) is 0.385. The summed E-state index contributed by atoms with van der Waals surface area (Å²) in [6.07, 6.45) is 4.52. The SMILES string of the molecule is C=CCn1c(SCC(=O)Nc2sc3c(c2C(=O)OC)CCC(C)C3)nnc1-c1ccc(OCC)cc1. The maximum absolute atomic E-state index is 12.9. The van der Waals surface area contributed by atoms with Gasteiger partial charge in [-0.15, -0.1) is 28.1 Å². The number of nitrogens with one attached hydrogen (secondary N) is 1. The number of fused-ring (bicyclic) bond motifs is 1. The number of thioether (sulfide) groups is 1. The van der Waals surface area contributed by atoms with Crippen LogP contribution in [0.4, 0.5) is 5.00 Å². The Morgan fingerprint density at radius 1 is 1.31 bits per heavy atom. The molecule has 1 aliphatic rings. The Hall–Kier alpha value is -3.11. The Morgan fingerprint density at radius 3 is 2.78 bits per heavy atom. The van der Waals surface area contributed by atoms with E-state index in [1.54, 1.807) is 6.08 Å². The van der Waals surface area contributed by atoms with E-state index >= 15 is 0 Å². The molecule has 1 unspecified atom stereocenters. The highest BCUT2D eigenvalue weighted by atomic mass is 32.2. The van der Waals surface area contributed by atoms with Gasteiger partial charge in [0.05, 0.1) is 25.0 Å². The van der Waals surface area contributed by atoms with E-state index in [4.69, 9.17) is 9.47 Å². The third-order valence-corrected chi connectivity index (χ3v) is 8.08. The van der Waals surface area contributed by atoms with Crippen molar-refractivity contribution >= 4 is 40.0 Å². The third-order valence-electron chi connectivity index (χ3n) is 5.94. The monoisotopic (exact) mass is 526 g/mol. The number of allylic oxidation sites excluding steroid dienone is 1. The topological polar surface area (TPSA) is 95.3 Å². The molecule has 36 heavy (non-hydrogen) atoms. The number of ether oxygens (including phenoxy) is 2. The lowest BCUT2D eigenvalue weighted by Crippen LogP contribution is -2.17. The molecule has 0 saturated heterocycles. The standard InChI is InChI=1S/C26H30N4O4S2/c1-5-13-30-23(17-8-10-18(11-9-17)34-6-2)28-29-26(30)35-15-21(31)27-24-22(25(32)33-4)19-12-7-16(3)14-20(19)36-24/h5,8-11,16H,1,6-7,12-15H2,2-4H3,(H,27,31). The molecule has 1 aromatic carbocycles. The van der Waals surface area contributed by atoms with Crippen molar-refractivity contribution in [2.45, 2.75) is 44.8 Å². The molecule has 190 valence electrons. The molecule has 0 saturated carbocycles. The fourth-order valence-corrected chi connectivity index (χ4v) is 6.38. The first-order valence-corrected chi connectivity index (χ1v) is 13.7. The molecule has 1 N–H and O–H groups in total. The maximum Gasteiger partial charge on any atom is 0.341 e. The smallest absolute Gasteiger partial charge is 0.341 e. The van der Waals surface area contributed by atoms with Crippen LogP contribution >= 0.6 is 23.1 Å². The van der Waals surface area contributed by atoms with Crippen molar-refractivity contribution in [3.05, 3.63) is 52.9 Å². The van der Waals surface area contributed by atoms with Gasteiger partial charge in [-0.3, -0.25) is 9.36 Å². The van der Waals surface area contributed by atoms with Crippen molar-refractivity contribution in [2.24, 2.45) is 5.92 Å². The molecule has 1 amide bonds. The van der Waals surface area contributed by atoms with Crippen molar-refractivity contribution in [2.75, 3.05) is 24.8 Å². The zero-order valence-electron chi connectivity index (χ0n) is 20.7. The summed E-state index contributed by atoms with van der Waals surface area (Å²) in [6.45, 7) is 9.09. The predicted molar refractivity (Wildman–Crippen MR) is 143 cm³/mol. The normalized spacial score (nSPS) is 14.7. The highest BCUT2D eigenvalue weighted by molar-refractivity contribution is 7.99. The van der Waals surface area contributed by atoms with Gasteiger partial charge in [-0.1, -0.05) is 24.8 Å². The average molecular weight is 527 g/mol. The fourth-order valence-electron chi connectivity index (χ4n) is 4.22. The van der Waals surface area contributed by atoms with Crippen LogP contribution < -0.4 is 10.1 Å². The molecular formula is C26H30N4O4S2. The summed E-state index contributed by atoms with van der Waals surface area (Å²) in [5.41, 5.74) is 2.40. The Balaban J connectivity index is 1.49. The number of rotatable bonds is 10. The van der Waals surface area contributed by atoms with E-state index in [9.17, 15) is 9.59 Å². The van der Waals surface area contributed by atoms with Crippen LogP contribution in [0.1, 0.15) is 41.1 Å². The van der Waals surface area contributed by atoms with Crippen LogP contribution in [0.25, 0.3) is 11.4 Å². The molecule has 1 aliphatic carbocycles. The van der Waals surface area contributed by atoms with Crippen molar-refractivity contribution in [3.8, 4) is 17.1 Å². The summed E-state index contributed by atoms with van der Waals surface area (Å²) in [7, 11) is 1.37. The Morgan fingerprint density at radius 2 is 2.08 bits per heavy atom. The summed E-state index contributed by atoms with van der Waals surface area (Å²) in [5.74, 6) is 1.54. The number of benzene rings is 1. The van der Waals surface area contributed by atoms with Crippen molar-refractivity contribution in [1.82, 2.24) is 14.8 Å². The minimum absolute atomic E-state index is 0.123. The third kappa shape index (κ3) is 5.65. The Bertz CT molecular complexity index is 1250.